The van der Waals surface area contributed by atoms with Gasteiger partial charge in [0.05, 0.1) is 0 Å². The zero-order valence-electron chi connectivity index (χ0n) is 15.9. The molecule has 0 aliphatic carbocycles. The highest BCUT2D eigenvalue weighted by molar-refractivity contribution is 5.91. The molecule has 1 atom stereocenters. The zero-order chi connectivity index (χ0) is 21.0. The van der Waals surface area contributed by atoms with Crippen LogP contribution in [0.1, 0.15) is 42.5 Å². The number of hydrogen-bond donors (Lipinski definition) is 1. The number of nitrogens with zero attached hydrogens (tertiary/aromatic N) is 1. The van der Waals surface area contributed by atoms with Crippen molar-refractivity contribution in [3.8, 4) is 5.75 Å². The molecule has 2 aromatic rings. The molecule has 1 saturated heterocycles. The summed E-state index contributed by atoms with van der Waals surface area (Å²) in [5, 5.41) is 2.83. The third-order valence-corrected chi connectivity index (χ3v) is 4.67. The van der Waals surface area contributed by atoms with Crippen LogP contribution in [0.25, 0.3) is 0 Å². The first kappa shape index (κ1) is 21.2. The van der Waals surface area contributed by atoms with E-state index in [2.05, 4.69) is 10.2 Å². The first-order valence-corrected chi connectivity index (χ1v) is 9.43. The average molecular weight is 414 g/mol. The van der Waals surface area contributed by atoms with E-state index in [1.165, 1.54) is 18.6 Å². The summed E-state index contributed by atoms with van der Waals surface area (Å²) in [4.78, 5) is 14.6. The molecule has 158 valence electrons. The van der Waals surface area contributed by atoms with Crippen LogP contribution in [0.4, 0.5) is 17.6 Å². The lowest BCUT2D eigenvalue weighted by Crippen LogP contribution is -2.43. The Kier molecular flexibility index (Phi) is 6.79. The summed E-state index contributed by atoms with van der Waals surface area (Å²) in [6.07, 6.45) is 3.53. The molecule has 3 rings (SSSR count). The number of carbonyl (C=O) groups excluding carboxylic acids is 1. The predicted octanol–water partition coefficient (Wildman–Crippen LogP) is 4.02. The van der Waals surface area contributed by atoms with Gasteiger partial charge in [0.15, 0.2) is 23.1 Å². The molecule has 1 unspecified atom stereocenters. The van der Waals surface area contributed by atoms with E-state index in [1.54, 1.807) is 0 Å². The topological polar surface area (TPSA) is 54.7 Å². The lowest BCUT2D eigenvalue weighted by Gasteiger charge is -2.29. The summed E-state index contributed by atoms with van der Waals surface area (Å²) >= 11 is 0. The predicted molar refractivity (Wildman–Crippen MR) is 96.5 cm³/mol. The van der Waals surface area contributed by atoms with Crippen LogP contribution in [0.2, 0.25) is 0 Å². The fourth-order valence-corrected chi connectivity index (χ4v) is 3.27. The maximum absolute atomic E-state index is 13.6. The SMILES string of the molecule is CC(CN1CCCCC1)NC(=O)c1ccc(COc2c(F)c(F)cc(F)c2F)o1. The van der Waals surface area contributed by atoms with Gasteiger partial charge in [-0.2, -0.15) is 8.78 Å². The first-order valence-electron chi connectivity index (χ1n) is 9.43. The van der Waals surface area contributed by atoms with E-state index < -0.39 is 41.5 Å². The Morgan fingerprint density at radius 2 is 1.79 bits per heavy atom. The monoisotopic (exact) mass is 414 g/mol. The van der Waals surface area contributed by atoms with Crippen LogP contribution in [-0.4, -0.2) is 36.5 Å². The van der Waals surface area contributed by atoms with Crippen molar-refractivity contribution >= 4 is 5.91 Å². The Hall–Kier alpha value is -2.55. The average Bonchev–Trinajstić information content (AvgIpc) is 3.16. The summed E-state index contributed by atoms with van der Waals surface area (Å²) in [6.45, 7) is 4.13. The largest absolute Gasteiger partial charge is 0.479 e. The van der Waals surface area contributed by atoms with Crippen LogP contribution in [0.15, 0.2) is 22.6 Å². The van der Waals surface area contributed by atoms with Gasteiger partial charge in [-0.15, -0.1) is 0 Å². The van der Waals surface area contributed by atoms with Gasteiger partial charge in [-0.05, 0) is 45.0 Å². The van der Waals surface area contributed by atoms with E-state index in [0.29, 0.717) is 0 Å². The van der Waals surface area contributed by atoms with Crippen molar-refractivity contribution in [2.24, 2.45) is 0 Å². The second kappa shape index (κ2) is 9.30. The lowest BCUT2D eigenvalue weighted by atomic mass is 10.1. The number of nitrogens with one attached hydrogen (secondary N) is 1. The molecule has 0 spiro atoms. The van der Waals surface area contributed by atoms with Crippen LogP contribution in [0.5, 0.6) is 5.75 Å². The number of likely N-dealkylation sites (tertiary alicyclic amines) is 1. The Morgan fingerprint density at radius 3 is 2.45 bits per heavy atom. The van der Waals surface area contributed by atoms with Crippen LogP contribution < -0.4 is 10.1 Å². The number of carbonyl (C=O) groups is 1. The van der Waals surface area contributed by atoms with E-state index in [4.69, 9.17) is 9.15 Å². The molecule has 1 N–H and O–H groups in total. The molecule has 0 bridgehead atoms. The van der Waals surface area contributed by atoms with Gasteiger partial charge in [-0.3, -0.25) is 4.79 Å². The van der Waals surface area contributed by atoms with E-state index in [1.807, 2.05) is 6.92 Å². The molecular weight excluding hydrogens is 392 g/mol. The molecule has 1 amide bonds. The highest BCUT2D eigenvalue weighted by atomic mass is 19.2. The van der Waals surface area contributed by atoms with Gasteiger partial charge in [-0.25, -0.2) is 8.78 Å². The van der Waals surface area contributed by atoms with E-state index >= 15 is 0 Å². The van der Waals surface area contributed by atoms with Gasteiger partial charge in [0.25, 0.3) is 5.91 Å². The van der Waals surface area contributed by atoms with E-state index in [-0.39, 0.29) is 23.6 Å². The molecule has 5 nitrogen and oxygen atoms in total. The zero-order valence-corrected chi connectivity index (χ0v) is 15.9. The van der Waals surface area contributed by atoms with Crippen LogP contribution in [0, 0.1) is 23.3 Å². The van der Waals surface area contributed by atoms with Crippen molar-refractivity contribution in [3.05, 3.63) is 53.0 Å². The molecule has 2 heterocycles. The minimum atomic E-state index is -1.64. The number of ether oxygens (including phenoxy) is 1. The standard InChI is InChI=1S/C20H22F4N2O3/c1-12(10-26-7-3-2-4-8-26)25-20(27)16-6-5-13(29-16)11-28-19-17(23)14(21)9-15(22)18(19)24/h5-6,9,12H,2-4,7-8,10-11H2,1H3,(H,25,27). The van der Waals surface area contributed by atoms with Crippen LogP contribution in [0.3, 0.4) is 0 Å². The van der Waals surface area contributed by atoms with Gasteiger partial charge in [0.1, 0.15) is 12.4 Å². The summed E-state index contributed by atoms with van der Waals surface area (Å²) in [5.74, 6) is -7.96. The first-order chi connectivity index (χ1) is 13.8. The van der Waals surface area contributed by atoms with Crippen molar-refractivity contribution in [2.75, 3.05) is 19.6 Å². The Morgan fingerprint density at radius 1 is 1.14 bits per heavy atom. The number of amides is 1. The maximum atomic E-state index is 13.6. The summed E-state index contributed by atoms with van der Waals surface area (Å²) < 4.78 is 63.8. The Balaban J connectivity index is 1.56. The summed E-state index contributed by atoms with van der Waals surface area (Å²) in [6, 6.07) is 2.78. The molecule has 1 fully saturated rings. The van der Waals surface area contributed by atoms with Gasteiger partial charge in [0.2, 0.25) is 11.6 Å². The molecule has 0 saturated carbocycles. The van der Waals surface area contributed by atoms with E-state index in [9.17, 15) is 22.4 Å². The van der Waals surface area contributed by atoms with Crippen molar-refractivity contribution in [1.82, 2.24) is 10.2 Å². The Labute approximate surface area is 165 Å². The van der Waals surface area contributed by atoms with E-state index in [0.717, 1.165) is 32.5 Å². The van der Waals surface area contributed by atoms with Crippen LogP contribution >= 0.6 is 0 Å². The van der Waals surface area contributed by atoms with Gasteiger partial charge >= 0.3 is 0 Å². The molecule has 1 aromatic heterocycles. The molecule has 29 heavy (non-hydrogen) atoms. The number of halogens is 4. The van der Waals surface area contributed by atoms with Crippen molar-refractivity contribution in [2.45, 2.75) is 38.8 Å². The van der Waals surface area contributed by atoms with Crippen molar-refractivity contribution < 1.29 is 31.5 Å². The van der Waals surface area contributed by atoms with Crippen molar-refractivity contribution in [1.29, 1.82) is 0 Å². The molecule has 9 heteroatoms. The highest BCUT2D eigenvalue weighted by Crippen LogP contribution is 2.27. The second-order valence-electron chi connectivity index (χ2n) is 7.09. The fourth-order valence-electron chi connectivity index (χ4n) is 3.27. The molecule has 0 radical (unpaired) electrons. The summed E-state index contributed by atoms with van der Waals surface area (Å²) in [5.41, 5.74) is 0. The maximum Gasteiger partial charge on any atom is 0.287 e. The molecule has 1 aliphatic rings. The third kappa shape index (κ3) is 5.29. The number of hydrogen-bond acceptors (Lipinski definition) is 4. The second-order valence-corrected chi connectivity index (χ2v) is 7.09. The van der Waals surface area contributed by atoms with Gasteiger partial charge in [-0.1, -0.05) is 6.42 Å². The van der Waals surface area contributed by atoms with Gasteiger partial charge < -0.3 is 19.4 Å². The van der Waals surface area contributed by atoms with Gasteiger partial charge in [0, 0.05) is 18.7 Å². The normalized spacial score (nSPS) is 15.9. The number of rotatable bonds is 7. The number of benzene rings is 1. The smallest absolute Gasteiger partial charge is 0.287 e. The highest BCUT2D eigenvalue weighted by Gasteiger charge is 2.22. The molecule has 1 aromatic carbocycles. The minimum absolute atomic E-state index is 0.000427. The lowest BCUT2D eigenvalue weighted by molar-refractivity contribution is 0.0893. The quantitative estimate of drug-likeness (QED) is 0.549. The minimum Gasteiger partial charge on any atom is -0.479 e. The molecule has 1 aliphatic heterocycles. The fraction of sp³-hybridized carbons (Fsp3) is 0.450. The van der Waals surface area contributed by atoms with Crippen LogP contribution in [-0.2, 0) is 6.61 Å². The number of piperidine rings is 1. The Bertz CT molecular complexity index is 839. The number of furan rings is 1. The van der Waals surface area contributed by atoms with Crippen molar-refractivity contribution in [3.63, 3.8) is 0 Å². The summed E-state index contributed by atoms with van der Waals surface area (Å²) in [7, 11) is 0. The molecular formula is C20H22F4N2O3. The third-order valence-electron chi connectivity index (χ3n) is 4.67.